The third-order valence-electron chi connectivity index (χ3n) is 3.73. The summed E-state index contributed by atoms with van der Waals surface area (Å²) in [6.45, 7) is 1.10. The predicted molar refractivity (Wildman–Crippen MR) is 89.7 cm³/mol. The fourth-order valence-corrected chi connectivity index (χ4v) is 2.54. The first-order chi connectivity index (χ1) is 10.1. The van der Waals surface area contributed by atoms with Crippen LogP contribution >= 0.6 is 0 Å². The van der Waals surface area contributed by atoms with Gasteiger partial charge in [-0.3, -0.25) is 0 Å². The van der Waals surface area contributed by atoms with Gasteiger partial charge in [-0.2, -0.15) is 0 Å². The van der Waals surface area contributed by atoms with Crippen LogP contribution in [0.5, 0.6) is 0 Å². The van der Waals surface area contributed by atoms with Crippen LogP contribution in [-0.4, -0.2) is 31.2 Å². The van der Waals surface area contributed by atoms with Crippen molar-refractivity contribution < 1.29 is 0 Å². The fraction of sp³-hybridized carbons (Fsp3) is 0.412. The van der Waals surface area contributed by atoms with E-state index in [1.165, 1.54) is 0 Å². The first-order valence-electron chi connectivity index (χ1n) is 7.51. The summed E-state index contributed by atoms with van der Waals surface area (Å²) < 4.78 is 0. The molecule has 1 unspecified atom stereocenters. The molecule has 1 aromatic carbocycles. The number of hydrogen-bond donors (Lipinski definition) is 3. The van der Waals surface area contributed by atoms with Crippen LogP contribution in [0.25, 0.3) is 0 Å². The Morgan fingerprint density at radius 1 is 1.19 bits per heavy atom. The summed E-state index contributed by atoms with van der Waals surface area (Å²) >= 11 is 0. The molecule has 0 bridgehead atoms. The van der Waals surface area contributed by atoms with Crippen LogP contribution in [0.2, 0.25) is 0 Å². The van der Waals surface area contributed by atoms with Gasteiger partial charge in [-0.25, -0.2) is 0 Å². The van der Waals surface area contributed by atoms with Crippen molar-refractivity contribution in [2.45, 2.75) is 24.9 Å². The molecule has 4 nitrogen and oxygen atoms in total. The molecule has 0 saturated carbocycles. The van der Waals surface area contributed by atoms with Gasteiger partial charge in [0.25, 0.3) is 0 Å². The van der Waals surface area contributed by atoms with Gasteiger partial charge in [0.15, 0.2) is 0 Å². The first kappa shape index (κ1) is 15.4. The normalized spacial score (nSPS) is 21.0. The molecule has 21 heavy (non-hydrogen) atoms. The molecule has 0 amide bonds. The number of allylic oxidation sites excluding steroid dienone is 2. The quantitative estimate of drug-likeness (QED) is 0.674. The lowest BCUT2D eigenvalue weighted by atomic mass is 9.95. The van der Waals surface area contributed by atoms with Crippen molar-refractivity contribution in [3.63, 3.8) is 0 Å². The lowest BCUT2D eigenvalue weighted by Gasteiger charge is -2.38. The molecule has 0 radical (unpaired) electrons. The van der Waals surface area contributed by atoms with E-state index in [0.717, 1.165) is 37.2 Å². The van der Waals surface area contributed by atoms with E-state index in [9.17, 15) is 0 Å². The second-order valence-corrected chi connectivity index (χ2v) is 5.78. The lowest BCUT2D eigenvalue weighted by Crippen LogP contribution is -2.54. The summed E-state index contributed by atoms with van der Waals surface area (Å²) in [6.07, 6.45) is 9.08. The molecule has 4 heteroatoms. The molecule has 1 atom stereocenters. The molecule has 114 valence electrons. The predicted octanol–water partition coefficient (Wildman–Crippen LogP) is 2.49. The minimum Gasteiger partial charge on any atom is -0.399 e. The number of dihydropyridines is 1. The zero-order valence-corrected chi connectivity index (χ0v) is 13.0. The molecule has 1 aliphatic heterocycles. The SMILES string of the molecule is CN(C)CCCCC1(Nc2ccccc2)NC=CC=C1N. The summed E-state index contributed by atoms with van der Waals surface area (Å²) in [5.74, 6) is 0. The van der Waals surface area contributed by atoms with E-state index in [4.69, 9.17) is 5.73 Å². The molecule has 0 aromatic heterocycles. The van der Waals surface area contributed by atoms with Gasteiger partial charge in [0.1, 0.15) is 5.66 Å². The van der Waals surface area contributed by atoms with Gasteiger partial charge < -0.3 is 21.3 Å². The van der Waals surface area contributed by atoms with Gasteiger partial charge in [0.05, 0.1) is 5.70 Å². The fourth-order valence-electron chi connectivity index (χ4n) is 2.54. The van der Waals surface area contributed by atoms with Gasteiger partial charge in [-0.05, 0) is 70.4 Å². The molecule has 1 aliphatic rings. The second kappa shape index (κ2) is 7.18. The Labute approximate surface area is 127 Å². The molecule has 1 aromatic rings. The third-order valence-corrected chi connectivity index (χ3v) is 3.73. The van der Waals surface area contributed by atoms with Crippen molar-refractivity contribution in [3.05, 3.63) is 54.4 Å². The van der Waals surface area contributed by atoms with Crippen molar-refractivity contribution in [2.24, 2.45) is 5.73 Å². The number of para-hydroxylation sites is 1. The zero-order chi connectivity index (χ0) is 15.1. The van der Waals surface area contributed by atoms with E-state index in [1.54, 1.807) is 0 Å². The van der Waals surface area contributed by atoms with Crippen molar-refractivity contribution in [1.29, 1.82) is 0 Å². The monoisotopic (exact) mass is 286 g/mol. The molecule has 4 N–H and O–H groups in total. The lowest BCUT2D eigenvalue weighted by molar-refractivity contribution is 0.365. The largest absolute Gasteiger partial charge is 0.399 e. The maximum Gasteiger partial charge on any atom is 0.148 e. The number of nitrogens with zero attached hydrogens (tertiary/aromatic N) is 1. The summed E-state index contributed by atoms with van der Waals surface area (Å²) in [6, 6.07) is 10.2. The van der Waals surface area contributed by atoms with Crippen LogP contribution in [-0.2, 0) is 0 Å². The highest BCUT2D eigenvalue weighted by Gasteiger charge is 2.32. The standard InChI is InChI=1S/C17H26N4/c1-21(2)14-7-6-12-17(16(18)11-8-13-19-17)20-15-9-4-3-5-10-15/h3-5,8-11,13,19-20H,6-7,12,14,18H2,1-2H3. The van der Waals surface area contributed by atoms with E-state index in [1.807, 2.05) is 36.6 Å². The summed E-state index contributed by atoms with van der Waals surface area (Å²) in [7, 11) is 4.21. The zero-order valence-electron chi connectivity index (χ0n) is 13.0. The number of nitrogens with one attached hydrogen (secondary N) is 2. The number of unbranched alkanes of at least 4 members (excludes halogenated alkanes) is 1. The Morgan fingerprint density at radius 2 is 1.95 bits per heavy atom. The molecule has 1 heterocycles. The number of anilines is 1. The molecule has 2 rings (SSSR count). The average molecular weight is 286 g/mol. The minimum atomic E-state index is -0.386. The highest BCUT2D eigenvalue weighted by Crippen LogP contribution is 2.25. The molecule has 0 fully saturated rings. The van der Waals surface area contributed by atoms with E-state index < -0.39 is 0 Å². The van der Waals surface area contributed by atoms with Gasteiger partial charge in [0.2, 0.25) is 0 Å². The first-order valence-corrected chi connectivity index (χ1v) is 7.51. The maximum atomic E-state index is 6.28. The van der Waals surface area contributed by atoms with Crippen molar-refractivity contribution in [1.82, 2.24) is 10.2 Å². The Balaban J connectivity index is 2.05. The Hall–Kier alpha value is -1.94. The number of rotatable bonds is 7. The summed E-state index contributed by atoms with van der Waals surface area (Å²) in [4.78, 5) is 2.21. The van der Waals surface area contributed by atoms with Crippen LogP contribution in [0.15, 0.2) is 54.4 Å². The van der Waals surface area contributed by atoms with Gasteiger partial charge in [0, 0.05) is 5.69 Å². The molecule has 0 aliphatic carbocycles. The number of benzene rings is 1. The molecule has 0 saturated heterocycles. The average Bonchev–Trinajstić information content (AvgIpc) is 2.48. The molecular weight excluding hydrogens is 260 g/mol. The van der Waals surface area contributed by atoms with Crippen LogP contribution in [0.3, 0.4) is 0 Å². The highest BCUT2D eigenvalue weighted by molar-refractivity contribution is 5.49. The molecular formula is C17H26N4. The maximum absolute atomic E-state index is 6.28. The number of nitrogens with two attached hydrogens (primary N) is 1. The minimum absolute atomic E-state index is 0.386. The van der Waals surface area contributed by atoms with Crippen molar-refractivity contribution >= 4 is 5.69 Å². The van der Waals surface area contributed by atoms with Crippen LogP contribution < -0.4 is 16.4 Å². The summed E-state index contributed by atoms with van der Waals surface area (Å²) in [5.41, 5.74) is 7.80. The van der Waals surface area contributed by atoms with E-state index in [-0.39, 0.29) is 5.66 Å². The topological polar surface area (TPSA) is 53.3 Å². The van der Waals surface area contributed by atoms with Gasteiger partial charge in [-0.1, -0.05) is 18.2 Å². The van der Waals surface area contributed by atoms with Crippen molar-refractivity contribution in [3.8, 4) is 0 Å². The Kier molecular flexibility index (Phi) is 5.28. The third kappa shape index (κ3) is 4.26. The van der Waals surface area contributed by atoms with E-state index >= 15 is 0 Å². The van der Waals surface area contributed by atoms with Crippen LogP contribution in [0.1, 0.15) is 19.3 Å². The summed E-state index contributed by atoms with van der Waals surface area (Å²) in [5, 5.41) is 6.98. The second-order valence-electron chi connectivity index (χ2n) is 5.78. The number of hydrogen-bond acceptors (Lipinski definition) is 4. The van der Waals surface area contributed by atoms with Crippen molar-refractivity contribution in [2.75, 3.05) is 26.0 Å². The van der Waals surface area contributed by atoms with Crippen LogP contribution in [0, 0.1) is 0 Å². The van der Waals surface area contributed by atoms with Gasteiger partial charge >= 0.3 is 0 Å². The van der Waals surface area contributed by atoms with Gasteiger partial charge in [-0.15, -0.1) is 0 Å². The van der Waals surface area contributed by atoms with Crippen LogP contribution in [0.4, 0.5) is 5.69 Å². The smallest absolute Gasteiger partial charge is 0.148 e. The van der Waals surface area contributed by atoms with E-state index in [2.05, 4.69) is 41.8 Å². The highest BCUT2D eigenvalue weighted by atomic mass is 15.2. The molecule has 0 spiro atoms. The Bertz CT molecular complexity index is 493. The Morgan fingerprint density at radius 3 is 2.62 bits per heavy atom. The van der Waals surface area contributed by atoms with E-state index in [0.29, 0.717) is 0 Å².